The van der Waals surface area contributed by atoms with E-state index in [1.54, 1.807) is 0 Å². The summed E-state index contributed by atoms with van der Waals surface area (Å²) in [6.07, 6.45) is 8.85. The second kappa shape index (κ2) is 7.26. The number of hydrogen-bond donors (Lipinski definition) is 0. The van der Waals surface area contributed by atoms with Crippen LogP contribution in [0.3, 0.4) is 0 Å². The van der Waals surface area contributed by atoms with Crippen LogP contribution in [0.15, 0.2) is 12.7 Å². The number of allylic oxidation sites excluding steroid dienone is 1. The summed E-state index contributed by atoms with van der Waals surface area (Å²) in [5, 5.41) is 0. The van der Waals surface area contributed by atoms with E-state index in [2.05, 4.69) is 12.5 Å². The van der Waals surface area contributed by atoms with Crippen molar-refractivity contribution in [3.8, 4) is 12.3 Å². The van der Waals surface area contributed by atoms with E-state index in [4.69, 9.17) is 11.2 Å². The minimum atomic E-state index is 0.428. The molecule has 0 N–H and O–H groups in total. The largest absolute Gasteiger partial charge is 0.369 e. The van der Waals surface area contributed by atoms with Crippen LogP contribution < -0.4 is 0 Å². The molecule has 0 amide bonds. The van der Waals surface area contributed by atoms with Crippen LogP contribution >= 0.6 is 0 Å². The number of ether oxygens (including phenoxy) is 1. The first-order chi connectivity index (χ1) is 4.41. The summed E-state index contributed by atoms with van der Waals surface area (Å²) in [6, 6.07) is 0. The molecule has 0 aliphatic carbocycles. The Hall–Kier alpha value is -0.740. The van der Waals surface area contributed by atoms with Crippen LogP contribution in [0.25, 0.3) is 0 Å². The summed E-state index contributed by atoms with van der Waals surface area (Å²) in [5.41, 5.74) is 0. The lowest BCUT2D eigenvalue weighted by atomic mass is 10.3. The minimum Gasteiger partial charge on any atom is -0.369 e. The van der Waals surface area contributed by atoms with Crippen molar-refractivity contribution in [3.63, 3.8) is 0 Å². The van der Waals surface area contributed by atoms with Crippen molar-refractivity contribution in [2.75, 3.05) is 13.2 Å². The lowest BCUT2D eigenvalue weighted by Crippen LogP contribution is -1.92. The summed E-state index contributed by atoms with van der Waals surface area (Å²) in [7, 11) is 0. The Kier molecular flexibility index (Phi) is 6.66. The van der Waals surface area contributed by atoms with Crippen molar-refractivity contribution in [2.45, 2.75) is 12.8 Å². The molecule has 0 aromatic heterocycles. The molecule has 0 aliphatic rings. The number of rotatable bonds is 5. The summed E-state index contributed by atoms with van der Waals surface area (Å²) in [4.78, 5) is 0. The van der Waals surface area contributed by atoms with Gasteiger partial charge in [-0.25, -0.2) is 0 Å². The van der Waals surface area contributed by atoms with Crippen LogP contribution in [0.5, 0.6) is 0 Å². The fourth-order valence-corrected chi connectivity index (χ4v) is 0.461. The molecule has 50 valence electrons. The van der Waals surface area contributed by atoms with Gasteiger partial charge >= 0.3 is 0 Å². The molecule has 9 heavy (non-hydrogen) atoms. The van der Waals surface area contributed by atoms with Crippen LogP contribution in [-0.2, 0) is 4.74 Å². The molecule has 0 aromatic carbocycles. The monoisotopic (exact) mass is 124 g/mol. The van der Waals surface area contributed by atoms with E-state index < -0.39 is 0 Å². The van der Waals surface area contributed by atoms with Crippen molar-refractivity contribution in [2.24, 2.45) is 0 Å². The van der Waals surface area contributed by atoms with E-state index in [0.29, 0.717) is 6.61 Å². The predicted octanol–water partition coefficient (Wildman–Crippen LogP) is 1.60. The van der Waals surface area contributed by atoms with Gasteiger partial charge in [-0.05, 0) is 12.8 Å². The van der Waals surface area contributed by atoms with Gasteiger partial charge in [0.25, 0.3) is 0 Å². The van der Waals surface area contributed by atoms with Gasteiger partial charge in [-0.3, -0.25) is 0 Å². The molecule has 0 spiro atoms. The normalized spacial score (nSPS) is 8.33. The van der Waals surface area contributed by atoms with Crippen LogP contribution in [0.2, 0.25) is 0 Å². The van der Waals surface area contributed by atoms with Gasteiger partial charge in [0.2, 0.25) is 0 Å². The Morgan fingerprint density at radius 2 is 2.44 bits per heavy atom. The topological polar surface area (TPSA) is 9.23 Å². The number of unbranched alkanes of at least 4 members (excludes halogenated alkanes) is 1. The van der Waals surface area contributed by atoms with Gasteiger partial charge in [0.15, 0.2) is 0 Å². The molecule has 0 saturated carbocycles. The smallest absolute Gasteiger partial charge is 0.107 e. The molecule has 0 bridgehead atoms. The van der Waals surface area contributed by atoms with Crippen molar-refractivity contribution in [1.82, 2.24) is 0 Å². The number of terminal acetylenes is 1. The Labute approximate surface area is 56.7 Å². The summed E-state index contributed by atoms with van der Waals surface area (Å²) >= 11 is 0. The third kappa shape index (κ3) is 7.26. The van der Waals surface area contributed by atoms with E-state index in [-0.39, 0.29) is 0 Å². The van der Waals surface area contributed by atoms with Crippen molar-refractivity contribution in [1.29, 1.82) is 0 Å². The molecule has 0 saturated heterocycles. The zero-order valence-electron chi connectivity index (χ0n) is 5.60. The maximum atomic E-state index is 5.00. The van der Waals surface area contributed by atoms with E-state index in [1.807, 2.05) is 6.08 Å². The molecule has 0 unspecified atom stereocenters. The van der Waals surface area contributed by atoms with Crippen molar-refractivity contribution in [3.05, 3.63) is 12.7 Å². The first-order valence-electron chi connectivity index (χ1n) is 3.04. The van der Waals surface area contributed by atoms with Gasteiger partial charge in [0.05, 0.1) is 0 Å². The molecule has 0 fully saturated rings. The summed E-state index contributed by atoms with van der Waals surface area (Å²) in [6.45, 7) is 4.76. The Morgan fingerprint density at radius 1 is 1.67 bits per heavy atom. The van der Waals surface area contributed by atoms with Gasteiger partial charge in [0, 0.05) is 6.61 Å². The van der Waals surface area contributed by atoms with Crippen LogP contribution in [0.1, 0.15) is 12.8 Å². The highest BCUT2D eigenvalue weighted by Gasteiger charge is 1.81. The third-order valence-electron chi connectivity index (χ3n) is 0.882. The summed E-state index contributed by atoms with van der Waals surface area (Å²) in [5.74, 6) is 2.40. The zero-order valence-corrected chi connectivity index (χ0v) is 5.60. The Balaban J connectivity index is 2.76. The van der Waals surface area contributed by atoms with Gasteiger partial charge in [0.1, 0.15) is 6.61 Å². The van der Waals surface area contributed by atoms with Gasteiger partial charge in [-0.1, -0.05) is 12.0 Å². The number of hydrogen-bond acceptors (Lipinski definition) is 1. The van der Waals surface area contributed by atoms with Crippen LogP contribution in [-0.4, -0.2) is 13.2 Å². The lowest BCUT2D eigenvalue weighted by Gasteiger charge is -1.95. The highest BCUT2D eigenvalue weighted by Crippen LogP contribution is 1.88. The van der Waals surface area contributed by atoms with Gasteiger partial charge in [-0.2, -0.15) is 0 Å². The maximum Gasteiger partial charge on any atom is 0.107 e. The van der Waals surface area contributed by atoms with Crippen molar-refractivity contribution < 1.29 is 4.74 Å². The van der Waals surface area contributed by atoms with E-state index >= 15 is 0 Å². The molecule has 0 heterocycles. The van der Waals surface area contributed by atoms with E-state index in [0.717, 1.165) is 19.4 Å². The molecule has 0 aromatic rings. The highest BCUT2D eigenvalue weighted by atomic mass is 16.5. The van der Waals surface area contributed by atoms with E-state index in [9.17, 15) is 0 Å². The second-order valence-corrected chi connectivity index (χ2v) is 1.69. The van der Waals surface area contributed by atoms with E-state index in [1.165, 1.54) is 0 Å². The molecular formula is C8H12O. The first-order valence-corrected chi connectivity index (χ1v) is 3.04. The fourth-order valence-electron chi connectivity index (χ4n) is 0.461. The zero-order chi connectivity index (χ0) is 6.95. The van der Waals surface area contributed by atoms with Gasteiger partial charge < -0.3 is 4.74 Å². The fraction of sp³-hybridized carbons (Fsp3) is 0.500. The third-order valence-corrected chi connectivity index (χ3v) is 0.882. The molecule has 0 atom stereocenters. The second-order valence-electron chi connectivity index (χ2n) is 1.69. The molecule has 0 aliphatic heterocycles. The van der Waals surface area contributed by atoms with Crippen LogP contribution in [0, 0.1) is 12.3 Å². The van der Waals surface area contributed by atoms with Crippen molar-refractivity contribution >= 4 is 0 Å². The Morgan fingerprint density at radius 3 is 3.00 bits per heavy atom. The predicted molar refractivity (Wildman–Crippen MR) is 39.1 cm³/mol. The Bertz CT molecular complexity index is 99.6. The molecular weight excluding hydrogens is 112 g/mol. The molecule has 1 nitrogen and oxygen atoms in total. The maximum absolute atomic E-state index is 5.00. The standard InChI is InChI=1S/C8H12O/c1-3-5-6-8-9-7-4-2/h2-3H,1,5-8H2. The average Bonchev–Trinajstić information content (AvgIpc) is 1.89. The lowest BCUT2D eigenvalue weighted by molar-refractivity contribution is 0.165. The van der Waals surface area contributed by atoms with Crippen LogP contribution in [0.4, 0.5) is 0 Å². The average molecular weight is 124 g/mol. The SMILES string of the molecule is C#CCOCCCC=C. The highest BCUT2D eigenvalue weighted by molar-refractivity contribution is 4.82. The minimum absolute atomic E-state index is 0.428. The quantitative estimate of drug-likeness (QED) is 0.307. The molecule has 1 heteroatoms. The van der Waals surface area contributed by atoms with Gasteiger partial charge in [-0.15, -0.1) is 13.0 Å². The molecule has 0 rings (SSSR count). The summed E-state index contributed by atoms with van der Waals surface area (Å²) < 4.78 is 5.00. The molecule has 0 radical (unpaired) electrons. The first kappa shape index (κ1) is 8.26.